The van der Waals surface area contributed by atoms with E-state index in [1.807, 2.05) is 0 Å². The Hall–Kier alpha value is -4.08. The van der Waals surface area contributed by atoms with Gasteiger partial charge in [0.2, 0.25) is 17.7 Å². The zero-order valence-corrected chi connectivity index (χ0v) is 23.3. The Labute approximate surface area is 239 Å². The molecule has 0 aliphatic carbocycles. The Balaban J connectivity index is 2.26. The summed E-state index contributed by atoms with van der Waals surface area (Å²) in [5, 5.41) is 18.7. The lowest BCUT2D eigenvalue weighted by Gasteiger charge is -2.24. The van der Waals surface area contributed by atoms with Crippen molar-refractivity contribution in [1.29, 1.82) is 0 Å². The molecule has 10 N–H and O–H groups in total. The van der Waals surface area contributed by atoms with Crippen LogP contribution < -0.4 is 38.5 Å². The van der Waals surface area contributed by atoms with Crippen LogP contribution in [0, 0.1) is 0 Å². The molecule has 2 heterocycles. The second-order valence-electron chi connectivity index (χ2n) is 9.90. The predicted molar refractivity (Wildman–Crippen MR) is 150 cm³/mol. The van der Waals surface area contributed by atoms with Crippen LogP contribution in [-0.4, -0.2) is 88.8 Å². The van der Waals surface area contributed by atoms with Crippen molar-refractivity contribution in [2.24, 2.45) is 22.2 Å². The van der Waals surface area contributed by atoms with Crippen LogP contribution in [-0.2, 0) is 25.6 Å². The van der Waals surface area contributed by atoms with Gasteiger partial charge in [-0.3, -0.25) is 19.4 Å². The van der Waals surface area contributed by atoms with Crippen molar-refractivity contribution in [3.05, 3.63) is 11.9 Å². The highest BCUT2D eigenvalue weighted by Crippen LogP contribution is 2.08. The molecule has 0 spiro atoms. The quantitative estimate of drug-likeness (QED) is 0.0748. The summed E-state index contributed by atoms with van der Waals surface area (Å²) >= 11 is 0. The lowest BCUT2D eigenvalue weighted by molar-refractivity contribution is -0.131. The Morgan fingerprint density at radius 2 is 1.71 bits per heavy atom. The Kier molecular flexibility index (Phi) is 14.8. The molecular formula is C25H43N11O5. The normalized spacial score (nSPS) is 21.8. The van der Waals surface area contributed by atoms with Crippen molar-refractivity contribution >= 4 is 36.0 Å². The molecule has 1 aliphatic heterocycles. The lowest BCUT2D eigenvalue weighted by Crippen LogP contribution is -2.55. The maximum Gasteiger partial charge on any atom is 0.344 e. The number of carbonyl (C=O) groups excluding carboxylic acids is 5. The van der Waals surface area contributed by atoms with Gasteiger partial charge in [0.15, 0.2) is 5.96 Å². The molecule has 4 amide bonds. The average Bonchev–Trinajstić information content (AvgIpc) is 3.41. The SMILES string of the molecule is NCCCC[C@@H]1NC(=O)n2cc(nn2)CCCC(=O)NCCCC[C@@H](C=O)NC(=O)[C@H](CCCN=C(N)N)NC1=O. The summed E-state index contributed by atoms with van der Waals surface area (Å²) in [5.41, 5.74) is 16.9. The number of amides is 4. The average molecular weight is 578 g/mol. The molecule has 41 heavy (non-hydrogen) atoms. The third-order valence-electron chi connectivity index (χ3n) is 6.48. The van der Waals surface area contributed by atoms with Crippen LogP contribution in [0.25, 0.3) is 0 Å². The molecule has 0 fully saturated rings. The molecule has 1 aromatic rings. The summed E-state index contributed by atoms with van der Waals surface area (Å²) in [6, 6.07) is -3.45. The highest BCUT2D eigenvalue weighted by molar-refractivity contribution is 5.92. The van der Waals surface area contributed by atoms with Crippen LogP contribution in [0.2, 0.25) is 0 Å². The minimum atomic E-state index is -1.01. The first-order valence-electron chi connectivity index (χ1n) is 14.0. The van der Waals surface area contributed by atoms with Gasteiger partial charge in [0.1, 0.15) is 18.4 Å². The van der Waals surface area contributed by atoms with Gasteiger partial charge in [-0.1, -0.05) is 5.21 Å². The maximum atomic E-state index is 13.4. The fraction of sp³-hybridized carbons (Fsp3) is 0.680. The Morgan fingerprint density at radius 1 is 0.976 bits per heavy atom. The molecule has 2 bridgehead atoms. The number of aldehydes is 1. The number of nitrogens with two attached hydrogens (primary N) is 3. The number of hydrogen-bond donors (Lipinski definition) is 7. The van der Waals surface area contributed by atoms with E-state index in [1.54, 1.807) is 0 Å². The standard InChI is InChI=1S/C25H43N11O5/c26-12-3-1-9-20-23(40)32-19(10-6-14-30-24(27)28)22(39)31-18(16-37)7-2-4-13-29-21(38)11-5-8-17-15-36(35-34-17)25(41)33-20/h15-16,18-20H,1-14,26H2,(H,29,38)(H,31,39)(H,32,40)(H,33,41)(H4,27,28,30)/t18-,19-,20-/m0/s1. The van der Waals surface area contributed by atoms with Gasteiger partial charge >= 0.3 is 6.03 Å². The first-order chi connectivity index (χ1) is 19.7. The molecule has 1 aliphatic rings. The molecular weight excluding hydrogens is 534 g/mol. The van der Waals surface area contributed by atoms with E-state index in [9.17, 15) is 24.0 Å². The van der Waals surface area contributed by atoms with Gasteiger partial charge in [0.25, 0.3) is 0 Å². The smallest absolute Gasteiger partial charge is 0.344 e. The molecule has 16 nitrogen and oxygen atoms in total. The number of hydrogen-bond acceptors (Lipinski definition) is 9. The van der Waals surface area contributed by atoms with Crippen LogP contribution in [0.4, 0.5) is 4.79 Å². The third-order valence-corrected chi connectivity index (χ3v) is 6.48. The van der Waals surface area contributed by atoms with Crippen molar-refractivity contribution in [3.8, 4) is 0 Å². The van der Waals surface area contributed by atoms with Crippen molar-refractivity contribution < 1.29 is 24.0 Å². The fourth-order valence-corrected chi connectivity index (χ4v) is 4.23. The summed E-state index contributed by atoms with van der Waals surface area (Å²) in [7, 11) is 0. The van der Waals surface area contributed by atoms with Gasteiger partial charge in [-0.15, -0.1) is 5.10 Å². The summed E-state index contributed by atoms with van der Waals surface area (Å²) in [4.78, 5) is 67.2. The number of carbonyl (C=O) groups is 5. The summed E-state index contributed by atoms with van der Waals surface area (Å²) in [6.45, 7) is 1.08. The highest BCUT2D eigenvalue weighted by atomic mass is 16.2. The molecule has 0 radical (unpaired) electrons. The molecule has 0 saturated carbocycles. The van der Waals surface area contributed by atoms with Gasteiger partial charge in [0, 0.05) is 19.5 Å². The fourth-order valence-electron chi connectivity index (χ4n) is 4.23. The van der Waals surface area contributed by atoms with Crippen LogP contribution in [0.15, 0.2) is 11.2 Å². The van der Waals surface area contributed by atoms with Crippen LogP contribution >= 0.6 is 0 Å². The number of fused-ring (bicyclic) bond motifs is 2. The van der Waals surface area contributed by atoms with Gasteiger partial charge in [0.05, 0.1) is 17.9 Å². The number of nitrogens with zero attached hydrogens (tertiary/aromatic N) is 4. The maximum absolute atomic E-state index is 13.4. The molecule has 16 heteroatoms. The number of aliphatic imine (C=N–C) groups is 1. The molecule has 1 aromatic heterocycles. The number of guanidine groups is 1. The number of aryl methyl sites for hydroxylation is 1. The zero-order chi connectivity index (χ0) is 30.0. The minimum Gasteiger partial charge on any atom is -0.370 e. The van der Waals surface area contributed by atoms with E-state index in [0.29, 0.717) is 76.4 Å². The van der Waals surface area contributed by atoms with Gasteiger partial charge in [-0.05, 0) is 70.8 Å². The Bertz CT molecular complexity index is 1040. The molecule has 0 saturated heterocycles. The molecule has 2 rings (SSSR count). The van der Waals surface area contributed by atoms with E-state index in [-0.39, 0.29) is 37.7 Å². The monoisotopic (exact) mass is 577 g/mol. The molecule has 0 unspecified atom stereocenters. The first-order valence-corrected chi connectivity index (χ1v) is 14.0. The van der Waals surface area contributed by atoms with E-state index in [0.717, 1.165) is 4.68 Å². The predicted octanol–water partition coefficient (Wildman–Crippen LogP) is -1.82. The molecule has 0 aromatic carbocycles. The second-order valence-corrected chi connectivity index (χ2v) is 9.90. The number of aromatic nitrogens is 3. The zero-order valence-electron chi connectivity index (χ0n) is 23.3. The van der Waals surface area contributed by atoms with E-state index in [4.69, 9.17) is 17.2 Å². The second kappa shape index (κ2) is 18.3. The van der Waals surface area contributed by atoms with Gasteiger partial charge < -0.3 is 43.3 Å². The van der Waals surface area contributed by atoms with Gasteiger partial charge in [-0.2, -0.15) is 4.68 Å². The number of unbranched alkanes of at least 4 members (excludes halogenated alkanes) is 1. The van der Waals surface area contributed by atoms with Crippen molar-refractivity contribution in [2.45, 2.75) is 88.8 Å². The summed E-state index contributed by atoms with van der Waals surface area (Å²) in [5.74, 6) is -1.33. The minimum absolute atomic E-state index is 0.0958. The number of rotatable bonds is 9. The van der Waals surface area contributed by atoms with Crippen LogP contribution in [0.3, 0.4) is 0 Å². The Morgan fingerprint density at radius 3 is 2.44 bits per heavy atom. The summed E-state index contributed by atoms with van der Waals surface area (Å²) < 4.78 is 0.995. The first kappa shape index (κ1) is 33.1. The third kappa shape index (κ3) is 12.8. The molecule has 3 atom stereocenters. The largest absolute Gasteiger partial charge is 0.370 e. The van der Waals surface area contributed by atoms with E-state index >= 15 is 0 Å². The van der Waals surface area contributed by atoms with Crippen molar-refractivity contribution in [3.63, 3.8) is 0 Å². The van der Waals surface area contributed by atoms with Crippen molar-refractivity contribution in [2.75, 3.05) is 19.6 Å². The van der Waals surface area contributed by atoms with E-state index in [2.05, 4.69) is 36.6 Å². The van der Waals surface area contributed by atoms with Crippen LogP contribution in [0.5, 0.6) is 0 Å². The highest BCUT2D eigenvalue weighted by Gasteiger charge is 2.28. The van der Waals surface area contributed by atoms with E-state index < -0.39 is 36.0 Å². The number of nitrogens with one attached hydrogen (secondary N) is 4. The molecule has 228 valence electrons. The van der Waals surface area contributed by atoms with Gasteiger partial charge in [-0.25, -0.2) is 4.79 Å². The summed E-state index contributed by atoms with van der Waals surface area (Å²) in [6.07, 6.45) is 6.90. The van der Waals surface area contributed by atoms with Crippen LogP contribution in [0.1, 0.15) is 69.9 Å². The topological polar surface area (TPSA) is 255 Å². The lowest BCUT2D eigenvalue weighted by atomic mass is 10.1. The van der Waals surface area contributed by atoms with E-state index in [1.165, 1.54) is 6.20 Å². The van der Waals surface area contributed by atoms with Crippen molar-refractivity contribution in [1.82, 2.24) is 36.3 Å².